The Morgan fingerprint density at radius 1 is 1.25 bits per heavy atom. The van der Waals surface area contributed by atoms with Crippen molar-refractivity contribution >= 4 is 0 Å². The van der Waals surface area contributed by atoms with E-state index in [2.05, 4.69) is 6.92 Å². The summed E-state index contributed by atoms with van der Waals surface area (Å²) in [5, 5.41) is 0. The van der Waals surface area contributed by atoms with Crippen LogP contribution in [0.4, 0.5) is 0 Å². The van der Waals surface area contributed by atoms with E-state index in [4.69, 9.17) is 0 Å². The molecule has 0 saturated carbocycles. The summed E-state index contributed by atoms with van der Waals surface area (Å²) in [6.07, 6.45) is 5.13. The molecule has 1 nitrogen and oxygen atoms in total. The topological polar surface area (TPSA) is 17.1 Å². The summed E-state index contributed by atoms with van der Waals surface area (Å²) < 4.78 is 11.2. The standard InChI is InChI=1S/C6H13.Hf.O/c1-3-5-6-4-2;;/h1,3-6H2,2H3;;. The van der Waals surface area contributed by atoms with Crippen molar-refractivity contribution in [2.24, 2.45) is 0 Å². The van der Waals surface area contributed by atoms with Crippen LogP contribution in [0.3, 0.4) is 0 Å². The van der Waals surface area contributed by atoms with Gasteiger partial charge in [0.25, 0.3) is 0 Å². The molecule has 8 heavy (non-hydrogen) atoms. The second-order valence-corrected chi connectivity index (χ2v) is 4.79. The van der Waals surface area contributed by atoms with Gasteiger partial charge in [-0.05, 0) is 0 Å². The van der Waals surface area contributed by atoms with Gasteiger partial charge in [0.1, 0.15) is 0 Å². The molecule has 0 spiro atoms. The molecule has 0 N–H and O–H groups in total. The third-order valence-corrected chi connectivity index (χ3v) is 3.14. The van der Waals surface area contributed by atoms with Gasteiger partial charge in [0.15, 0.2) is 0 Å². The Morgan fingerprint density at radius 2 is 2.00 bits per heavy atom. The molecule has 0 unspecified atom stereocenters. The summed E-state index contributed by atoms with van der Waals surface area (Å²) in [7, 11) is 0. The van der Waals surface area contributed by atoms with Crippen molar-refractivity contribution < 1.29 is 25.8 Å². The predicted molar refractivity (Wildman–Crippen MR) is 29.6 cm³/mol. The quantitative estimate of drug-likeness (QED) is 0.558. The summed E-state index contributed by atoms with van der Waals surface area (Å²) in [6, 6.07) is 0. The van der Waals surface area contributed by atoms with Crippen molar-refractivity contribution in [3.05, 3.63) is 0 Å². The van der Waals surface area contributed by atoms with Gasteiger partial charge in [0.2, 0.25) is 0 Å². The zero-order chi connectivity index (χ0) is 6.24. The van der Waals surface area contributed by atoms with E-state index in [1.165, 1.54) is 25.7 Å². The molecule has 0 aliphatic carbocycles. The second kappa shape index (κ2) is 7.67. The third kappa shape index (κ3) is 6.67. The van der Waals surface area contributed by atoms with Crippen molar-refractivity contribution in [2.45, 2.75) is 36.8 Å². The van der Waals surface area contributed by atoms with E-state index < -0.39 is 22.9 Å². The first kappa shape index (κ1) is 8.67. The minimum atomic E-state index is -1.26. The van der Waals surface area contributed by atoms with Gasteiger partial charge in [0, 0.05) is 0 Å². The molecule has 0 heterocycles. The Labute approximate surface area is 62.6 Å². The minimum absolute atomic E-state index is 1.07. The predicted octanol–water partition coefficient (Wildman–Crippen LogP) is 2.41. The Morgan fingerprint density at radius 3 is 2.50 bits per heavy atom. The molecule has 2 heteroatoms. The summed E-state index contributed by atoms with van der Waals surface area (Å²) in [4.78, 5) is 0. The van der Waals surface area contributed by atoms with Crippen molar-refractivity contribution in [3.8, 4) is 0 Å². The molecular formula is C6H13HfO. The molecule has 0 aliphatic heterocycles. The maximum atomic E-state index is 10.1. The van der Waals surface area contributed by atoms with Crippen molar-refractivity contribution in [3.63, 3.8) is 0 Å². The van der Waals surface area contributed by atoms with Crippen molar-refractivity contribution in [1.82, 2.24) is 0 Å². The van der Waals surface area contributed by atoms with Crippen LogP contribution in [0.1, 0.15) is 32.6 Å². The number of hydrogen-bond acceptors (Lipinski definition) is 1. The van der Waals surface area contributed by atoms with Gasteiger partial charge in [-0.25, -0.2) is 0 Å². The molecule has 0 aromatic heterocycles. The SMILES string of the molecule is CCCCC[CH2][Hf]=[O]. The van der Waals surface area contributed by atoms with E-state index in [-0.39, 0.29) is 0 Å². The number of hydrogen-bond donors (Lipinski definition) is 0. The van der Waals surface area contributed by atoms with Crippen molar-refractivity contribution in [1.29, 1.82) is 0 Å². The van der Waals surface area contributed by atoms with Crippen LogP contribution in [-0.2, 0) is 25.8 Å². The molecule has 0 saturated heterocycles. The van der Waals surface area contributed by atoms with Gasteiger partial charge >= 0.3 is 62.5 Å². The fraction of sp³-hybridized carbons (Fsp3) is 1.00. The molecular weight excluding hydrogens is 267 g/mol. The molecule has 0 radical (unpaired) electrons. The summed E-state index contributed by atoms with van der Waals surface area (Å²) in [5.74, 6) is 0. The molecule has 0 aromatic carbocycles. The van der Waals surface area contributed by atoms with Gasteiger partial charge in [-0.2, -0.15) is 0 Å². The molecule has 0 aromatic rings. The van der Waals surface area contributed by atoms with Crippen LogP contribution < -0.4 is 0 Å². The first-order valence-corrected chi connectivity index (χ1v) is 7.27. The van der Waals surface area contributed by atoms with Crippen molar-refractivity contribution in [2.75, 3.05) is 0 Å². The van der Waals surface area contributed by atoms with Gasteiger partial charge in [-0.15, -0.1) is 0 Å². The summed E-state index contributed by atoms with van der Waals surface area (Å²) >= 11 is -1.26. The van der Waals surface area contributed by atoms with Gasteiger partial charge in [-0.3, -0.25) is 0 Å². The molecule has 0 bridgehead atoms. The number of rotatable bonds is 5. The molecule has 0 rings (SSSR count). The van der Waals surface area contributed by atoms with E-state index in [0.717, 1.165) is 4.18 Å². The summed E-state index contributed by atoms with van der Waals surface area (Å²) in [5.41, 5.74) is 0. The first-order chi connectivity index (χ1) is 3.91. The Kier molecular flexibility index (Phi) is 8.31. The van der Waals surface area contributed by atoms with Crippen LogP contribution in [0.25, 0.3) is 0 Å². The van der Waals surface area contributed by atoms with E-state index >= 15 is 0 Å². The fourth-order valence-corrected chi connectivity index (χ4v) is 2.04. The van der Waals surface area contributed by atoms with E-state index in [0.29, 0.717) is 0 Å². The van der Waals surface area contributed by atoms with Crippen LogP contribution in [0.5, 0.6) is 0 Å². The van der Waals surface area contributed by atoms with E-state index in [1.807, 2.05) is 0 Å². The molecule has 0 atom stereocenters. The van der Waals surface area contributed by atoms with Gasteiger partial charge in [-0.1, -0.05) is 0 Å². The van der Waals surface area contributed by atoms with Gasteiger partial charge < -0.3 is 0 Å². The van der Waals surface area contributed by atoms with Crippen LogP contribution >= 0.6 is 0 Å². The average Bonchev–Trinajstić information content (AvgIpc) is 1.81. The number of unbranched alkanes of at least 4 members (excludes halogenated alkanes) is 3. The Balaban J connectivity index is 2.62. The molecule has 0 amide bonds. The monoisotopic (exact) mass is 281 g/mol. The molecule has 47 valence electrons. The molecule has 0 fully saturated rings. The van der Waals surface area contributed by atoms with Crippen LogP contribution in [0, 0.1) is 0 Å². The zero-order valence-corrected chi connectivity index (χ0v) is 9.04. The summed E-state index contributed by atoms with van der Waals surface area (Å²) in [6.45, 7) is 2.19. The van der Waals surface area contributed by atoms with Gasteiger partial charge in [0.05, 0.1) is 0 Å². The first-order valence-electron chi connectivity index (χ1n) is 3.26. The van der Waals surface area contributed by atoms with Crippen LogP contribution in [0.15, 0.2) is 0 Å². The zero-order valence-electron chi connectivity index (χ0n) is 5.44. The normalized spacial score (nSPS) is 8.62. The fourth-order valence-electron chi connectivity index (χ4n) is 0.624. The Bertz CT molecular complexity index is 54.5. The maximum absolute atomic E-state index is 10.1. The third-order valence-electron chi connectivity index (χ3n) is 1.13. The van der Waals surface area contributed by atoms with Crippen LogP contribution in [0.2, 0.25) is 4.18 Å². The average molecular weight is 280 g/mol. The Hall–Kier alpha value is 0.670. The molecule has 0 aliphatic rings. The second-order valence-electron chi connectivity index (χ2n) is 1.95. The van der Waals surface area contributed by atoms with E-state index in [1.54, 1.807) is 0 Å². The van der Waals surface area contributed by atoms with E-state index in [9.17, 15) is 2.85 Å². The van der Waals surface area contributed by atoms with Crippen LogP contribution in [-0.4, -0.2) is 0 Å².